The standard InChI is InChI=1S/C16H17FO/c1-12-6-8-16(9-7-12)18-13(2)10-14-4-3-5-15(17)11-14/h3-9,11,13H,10H2,1-2H3. The minimum atomic E-state index is -0.199. The fraction of sp³-hybridized carbons (Fsp3) is 0.250. The molecule has 0 amide bonds. The van der Waals surface area contributed by atoms with Gasteiger partial charge in [-0.3, -0.25) is 0 Å². The summed E-state index contributed by atoms with van der Waals surface area (Å²) in [6.07, 6.45) is 0.723. The van der Waals surface area contributed by atoms with Crippen molar-refractivity contribution in [3.05, 3.63) is 65.5 Å². The van der Waals surface area contributed by atoms with E-state index in [-0.39, 0.29) is 11.9 Å². The van der Waals surface area contributed by atoms with Gasteiger partial charge in [-0.25, -0.2) is 4.39 Å². The Morgan fingerprint density at radius 2 is 1.83 bits per heavy atom. The molecule has 2 heteroatoms. The lowest BCUT2D eigenvalue weighted by Gasteiger charge is -2.15. The first-order chi connectivity index (χ1) is 8.63. The van der Waals surface area contributed by atoms with Crippen LogP contribution in [0.5, 0.6) is 5.75 Å². The van der Waals surface area contributed by atoms with Crippen molar-refractivity contribution in [1.29, 1.82) is 0 Å². The molecule has 0 aliphatic carbocycles. The summed E-state index contributed by atoms with van der Waals surface area (Å²) in [7, 11) is 0. The van der Waals surface area contributed by atoms with Crippen molar-refractivity contribution >= 4 is 0 Å². The quantitative estimate of drug-likeness (QED) is 0.785. The van der Waals surface area contributed by atoms with E-state index >= 15 is 0 Å². The Morgan fingerprint density at radius 1 is 1.11 bits per heavy atom. The molecule has 0 aromatic heterocycles. The SMILES string of the molecule is Cc1ccc(OC(C)Cc2cccc(F)c2)cc1. The Hall–Kier alpha value is -1.83. The molecule has 18 heavy (non-hydrogen) atoms. The topological polar surface area (TPSA) is 9.23 Å². The molecule has 0 saturated carbocycles. The van der Waals surface area contributed by atoms with Crippen LogP contribution < -0.4 is 4.74 Å². The number of halogens is 1. The molecule has 2 aromatic rings. The van der Waals surface area contributed by atoms with Crippen LogP contribution in [0.3, 0.4) is 0 Å². The van der Waals surface area contributed by atoms with Crippen molar-refractivity contribution in [3.8, 4) is 5.75 Å². The minimum absolute atomic E-state index is 0.0227. The number of hydrogen-bond donors (Lipinski definition) is 0. The van der Waals surface area contributed by atoms with E-state index in [2.05, 4.69) is 0 Å². The first kappa shape index (κ1) is 12.6. The molecule has 1 unspecified atom stereocenters. The Balaban J connectivity index is 1.96. The molecule has 0 aliphatic rings. The zero-order valence-electron chi connectivity index (χ0n) is 10.7. The Kier molecular flexibility index (Phi) is 3.98. The third-order valence-electron chi connectivity index (χ3n) is 2.77. The summed E-state index contributed by atoms with van der Waals surface area (Å²) in [4.78, 5) is 0. The van der Waals surface area contributed by atoms with Crippen LogP contribution in [0.25, 0.3) is 0 Å². The number of benzene rings is 2. The predicted octanol–water partition coefficient (Wildman–Crippen LogP) is 4.14. The maximum Gasteiger partial charge on any atom is 0.123 e. The van der Waals surface area contributed by atoms with Gasteiger partial charge in [-0.15, -0.1) is 0 Å². The fourth-order valence-corrected chi connectivity index (χ4v) is 1.89. The average Bonchev–Trinajstić information content (AvgIpc) is 2.32. The molecule has 0 fully saturated rings. The van der Waals surface area contributed by atoms with Gasteiger partial charge in [-0.2, -0.15) is 0 Å². The lowest BCUT2D eigenvalue weighted by molar-refractivity contribution is 0.222. The predicted molar refractivity (Wildman–Crippen MR) is 71.4 cm³/mol. The summed E-state index contributed by atoms with van der Waals surface area (Å²) >= 11 is 0. The van der Waals surface area contributed by atoms with Gasteiger partial charge < -0.3 is 4.74 Å². The number of ether oxygens (including phenoxy) is 1. The molecule has 1 atom stereocenters. The third-order valence-corrected chi connectivity index (χ3v) is 2.77. The van der Waals surface area contributed by atoms with Crippen LogP contribution in [0.4, 0.5) is 4.39 Å². The van der Waals surface area contributed by atoms with Gasteiger partial charge in [-0.1, -0.05) is 29.8 Å². The highest BCUT2D eigenvalue weighted by atomic mass is 19.1. The molecule has 2 rings (SSSR count). The van der Waals surface area contributed by atoms with Gasteiger partial charge in [0.05, 0.1) is 6.10 Å². The van der Waals surface area contributed by atoms with Gasteiger partial charge in [0.2, 0.25) is 0 Å². The number of rotatable bonds is 4. The van der Waals surface area contributed by atoms with Crippen LogP contribution in [-0.2, 0) is 6.42 Å². The second-order valence-corrected chi connectivity index (χ2v) is 4.58. The van der Waals surface area contributed by atoms with Crippen molar-refractivity contribution in [3.63, 3.8) is 0 Å². The summed E-state index contributed by atoms with van der Waals surface area (Å²) in [5.41, 5.74) is 2.16. The lowest BCUT2D eigenvalue weighted by atomic mass is 10.1. The molecule has 0 saturated heterocycles. The van der Waals surface area contributed by atoms with Crippen LogP contribution in [0.2, 0.25) is 0 Å². The third kappa shape index (κ3) is 3.59. The monoisotopic (exact) mass is 244 g/mol. The van der Waals surface area contributed by atoms with E-state index < -0.39 is 0 Å². The molecule has 0 radical (unpaired) electrons. The number of aryl methyl sites for hydroxylation is 1. The molecular weight excluding hydrogens is 227 g/mol. The van der Waals surface area contributed by atoms with Crippen molar-refractivity contribution in [2.24, 2.45) is 0 Å². The molecule has 94 valence electrons. The van der Waals surface area contributed by atoms with Crippen LogP contribution in [0, 0.1) is 12.7 Å². The van der Waals surface area contributed by atoms with Gasteiger partial charge in [-0.05, 0) is 43.7 Å². The molecule has 0 heterocycles. The van der Waals surface area contributed by atoms with Crippen molar-refractivity contribution in [1.82, 2.24) is 0 Å². The van der Waals surface area contributed by atoms with Gasteiger partial charge in [0.25, 0.3) is 0 Å². The van der Waals surface area contributed by atoms with Gasteiger partial charge in [0.15, 0.2) is 0 Å². The van der Waals surface area contributed by atoms with Crippen molar-refractivity contribution < 1.29 is 9.13 Å². The van der Waals surface area contributed by atoms with Crippen LogP contribution in [-0.4, -0.2) is 6.10 Å². The highest BCUT2D eigenvalue weighted by Gasteiger charge is 2.06. The molecule has 0 N–H and O–H groups in total. The highest BCUT2D eigenvalue weighted by Crippen LogP contribution is 2.15. The van der Waals surface area contributed by atoms with E-state index in [1.165, 1.54) is 11.6 Å². The molecule has 2 aromatic carbocycles. The van der Waals surface area contributed by atoms with Crippen molar-refractivity contribution in [2.45, 2.75) is 26.4 Å². The van der Waals surface area contributed by atoms with Crippen LogP contribution in [0.1, 0.15) is 18.1 Å². The molecule has 0 bridgehead atoms. The maximum absolute atomic E-state index is 13.0. The molecule has 0 spiro atoms. The van der Waals surface area contributed by atoms with E-state index in [9.17, 15) is 4.39 Å². The fourth-order valence-electron chi connectivity index (χ4n) is 1.89. The summed E-state index contributed by atoms with van der Waals surface area (Å²) in [5, 5.41) is 0. The maximum atomic E-state index is 13.0. The summed E-state index contributed by atoms with van der Waals surface area (Å²) in [5.74, 6) is 0.652. The second-order valence-electron chi connectivity index (χ2n) is 4.58. The zero-order valence-corrected chi connectivity index (χ0v) is 10.7. The zero-order chi connectivity index (χ0) is 13.0. The van der Waals surface area contributed by atoms with Gasteiger partial charge in [0, 0.05) is 6.42 Å². The minimum Gasteiger partial charge on any atom is -0.490 e. The van der Waals surface area contributed by atoms with E-state index in [4.69, 9.17) is 4.74 Å². The van der Waals surface area contributed by atoms with Crippen molar-refractivity contribution in [2.75, 3.05) is 0 Å². The van der Waals surface area contributed by atoms with Gasteiger partial charge >= 0.3 is 0 Å². The van der Waals surface area contributed by atoms with Crippen LogP contribution in [0.15, 0.2) is 48.5 Å². The Bertz CT molecular complexity index is 505. The van der Waals surface area contributed by atoms with E-state index in [1.807, 2.05) is 44.2 Å². The molecule has 0 aliphatic heterocycles. The Morgan fingerprint density at radius 3 is 2.50 bits per heavy atom. The van der Waals surface area contributed by atoms with E-state index in [1.54, 1.807) is 12.1 Å². The largest absolute Gasteiger partial charge is 0.490 e. The summed E-state index contributed by atoms with van der Waals surface area (Å²) < 4.78 is 18.8. The lowest BCUT2D eigenvalue weighted by Crippen LogP contribution is -2.15. The van der Waals surface area contributed by atoms with E-state index in [0.717, 1.165) is 11.3 Å². The average molecular weight is 244 g/mol. The molecular formula is C16H17FO. The molecule has 1 nitrogen and oxygen atoms in total. The summed E-state index contributed by atoms with van der Waals surface area (Å²) in [6, 6.07) is 14.6. The van der Waals surface area contributed by atoms with Crippen LogP contribution >= 0.6 is 0 Å². The smallest absolute Gasteiger partial charge is 0.123 e. The second kappa shape index (κ2) is 5.67. The number of hydrogen-bond acceptors (Lipinski definition) is 1. The Labute approximate surface area is 107 Å². The first-order valence-corrected chi connectivity index (χ1v) is 6.11. The normalized spacial score (nSPS) is 12.2. The summed E-state index contributed by atoms with van der Waals surface area (Å²) in [6.45, 7) is 4.03. The highest BCUT2D eigenvalue weighted by molar-refractivity contribution is 5.26. The van der Waals surface area contributed by atoms with E-state index in [0.29, 0.717) is 6.42 Å². The first-order valence-electron chi connectivity index (χ1n) is 6.11. The van der Waals surface area contributed by atoms with Gasteiger partial charge in [0.1, 0.15) is 11.6 Å².